The van der Waals surface area contributed by atoms with E-state index in [-0.39, 0.29) is 48.9 Å². The van der Waals surface area contributed by atoms with E-state index in [2.05, 4.69) is 22.7 Å². The average Bonchev–Trinajstić information content (AvgIpc) is 3.37. The summed E-state index contributed by atoms with van der Waals surface area (Å²) >= 11 is 25.3. The van der Waals surface area contributed by atoms with E-state index in [0.717, 1.165) is 54.6 Å². The van der Waals surface area contributed by atoms with Gasteiger partial charge in [0.1, 0.15) is 10.6 Å². The lowest BCUT2D eigenvalue weighted by atomic mass is 10.1. The van der Waals surface area contributed by atoms with Gasteiger partial charge in [-0.1, -0.05) is 118 Å². The summed E-state index contributed by atoms with van der Waals surface area (Å²) in [7, 11) is -4.72. The Labute approximate surface area is 322 Å². The maximum atomic E-state index is 13.7. The maximum absolute atomic E-state index is 13.7. The molecule has 1 aromatic heterocycles. The van der Waals surface area contributed by atoms with Crippen LogP contribution in [0.25, 0.3) is 5.69 Å². The molecular formula is C35H39Cl4N5O7S. The van der Waals surface area contributed by atoms with Crippen LogP contribution in [0.2, 0.25) is 20.1 Å². The molecule has 0 saturated heterocycles. The molecule has 3 aromatic carbocycles. The molecule has 12 nitrogen and oxygen atoms in total. The number of anilines is 3. The van der Waals surface area contributed by atoms with Crippen LogP contribution in [-0.4, -0.2) is 29.0 Å². The summed E-state index contributed by atoms with van der Waals surface area (Å²) in [6.45, 7) is 2.21. The third-order valence-electron chi connectivity index (χ3n) is 8.10. The van der Waals surface area contributed by atoms with E-state index in [9.17, 15) is 28.1 Å². The molecule has 4 aromatic rings. The second-order valence-electron chi connectivity index (χ2n) is 12.1. The number of unbranched alkanes of at least 4 members (excludes halogenated alkanes) is 10. The Morgan fingerprint density at radius 1 is 0.846 bits per heavy atom. The first-order valence-corrected chi connectivity index (χ1v) is 19.8. The Morgan fingerprint density at radius 2 is 1.42 bits per heavy atom. The number of aromatic nitrogens is 2. The molecule has 1 amide bonds. The van der Waals surface area contributed by atoms with Crippen molar-refractivity contribution in [1.82, 2.24) is 9.78 Å². The summed E-state index contributed by atoms with van der Waals surface area (Å²) in [5, 5.41) is 19.8. The molecule has 0 atom stereocenters. The molecule has 1 heterocycles. The van der Waals surface area contributed by atoms with Gasteiger partial charge in [0.2, 0.25) is 5.91 Å². The Hall–Kier alpha value is -3.75. The fourth-order valence-electron chi connectivity index (χ4n) is 5.39. The molecule has 3 N–H and O–H groups in total. The number of benzene rings is 3. The minimum absolute atomic E-state index is 0.0438. The number of carbonyl (C=O) groups is 1. The van der Waals surface area contributed by atoms with E-state index in [1.54, 1.807) is 6.07 Å². The van der Waals surface area contributed by atoms with Crippen LogP contribution in [0.3, 0.4) is 0 Å². The second kappa shape index (κ2) is 19.4. The van der Waals surface area contributed by atoms with Gasteiger partial charge < -0.3 is 14.8 Å². The lowest BCUT2D eigenvalue weighted by Crippen LogP contribution is -2.19. The van der Waals surface area contributed by atoms with Crippen molar-refractivity contribution in [2.45, 2.75) is 88.9 Å². The largest absolute Gasteiger partial charge is 0.369 e. The predicted molar refractivity (Wildman–Crippen MR) is 207 cm³/mol. The highest BCUT2D eigenvalue weighted by molar-refractivity contribution is 7.87. The van der Waals surface area contributed by atoms with Gasteiger partial charge in [-0.05, 0) is 48.9 Å². The van der Waals surface area contributed by atoms with Crippen LogP contribution < -0.4 is 20.4 Å². The van der Waals surface area contributed by atoms with Crippen LogP contribution in [0, 0.1) is 10.1 Å². The van der Waals surface area contributed by atoms with E-state index in [1.165, 1.54) is 69.2 Å². The number of nitrogens with one attached hydrogen (secondary N) is 3. The first kappa shape index (κ1) is 41.0. The first-order chi connectivity index (χ1) is 24.8. The molecule has 0 saturated carbocycles. The van der Waals surface area contributed by atoms with Gasteiger partial charge >= 0.3 is 15.7 Å². The van der Waals surface area contributed by atoms with E-state index in [4.69, 9.17) is 50.6 Å². The highest BCUT2D eigenvalue weighted by Crippen LogP contribution is 2.36. The molecule has 4 rings (SSSR count). The van der Waals surface area contributed by atoms with E-state index < -0.39 is 31.2 Å². The molecule has 0 aliphatic rings. The molecule has 0 aliphatic heterocycles. The number of aromatic amines is 1. The number of rotatable bonds is 20. The highest BCUT2D eigenvalue weighted by atomic mass is 35.5. The third kappa shape index (κ3) is 11.4. The van der Waals surface area contributed by atoms with Crippen molar-refractivity contribution in [2.75, 3.05) is 10.6 Å². The average molecular weight is 816 g/mol. The number of nitrogens with zero attached hydrogens (tertiary/aromatic N) is 2. The number of hydrogen-bond donors (Lipinski definition) is 3. The van der Waals surface area contributed by atoms with E-state index >= 15 is 0 Å². The topological polar surface area (TPSA) is 165 Å². The highest BCUT2D eigenvalue weighted by Gasteiger charge is 2.27. The zero-order chi connectivity index (χ0) is 37.8. The van der Waals surface area contributed by atoms with Gasteiger partial charge in [0.25, 0.3) is 11.4 Å². The number of amides is 1. The van der Waals surface area contributed by atoms with Crippen molar-refractivity contribution in [2.24, 2.45) is 0 Å². The van der Waals surface area contributed by atoms with Gasteiger partial charge in [-0.3, -0.25) is 24.8 Å². The molecule has 0 radical (unpaired) electrons. The van der Waals surface area contributed by atoms with Gasteiger partial charge in [-0.15, -0.1) is 0 Å². The van der Waals surface area contributed by atoms with Crippen LogP contribution >= 0.6 is 46.4 Å². The van der Waals surface area contributed by atoms with Gasteiger partial charge in [-0.2, -0.15) is 8.42 Å². The van der Waals surface area contributed by atoms with Crippen LogP contribution in [0.5, 0.6) is 5.75 Å². The van der Waals surface area contributed by atoms with Gasteiger partial charge in [-0.25, -0.2) is 4.68 Å². The number of carbonyl (C=O) groups excluding carboxylic acids is 1. The van der Waals surface area contributed by atoms with Crippen molar-refractivity contribution in [3.8, 4) is 11.4 Å². The summed E-state index contributed by atoms with van der Waals surface area (Å²) in [6.07, 6.45) is 13.2. The number of non-ortho nitro benzene ring substituents is 1. The molecule has 17 heteroatoms. The second-order valence-corrected chi connectivity index (χ2v) is 15.3. The van der Waals surface area contributed by atoms with Gasteiger partial charge in [0.05, 0.1) is 25.7 Å². The Morgan fingerprint density at radius 3 is 2.00 bits per heavy atom. The zero-order valence-corrected chi connectivity index (χ0v) is 32.2. The molecule has 52 heavy (non-hydrogen) atoms. The van der Waals surface area contributed by atoms with Gasteiger partial charge in [0.15, 0.2) is 5.82 Å². The van der Waals surface area contributed by atoms with Crippen molar-refractivity contribution in [3.63, 3.8) is 0 Å². The zero-order valence-electron chi connectivity index (χ0n) is 28.4. The van der Waals surface area contributed by atoms with Crippen molar-refractivity contribution >= 4 is 85.3 Å². The SMILES string of the molecule is CCCCCCCCCCCCCC(=O)Nc1ccc(Cl)c(Nc2[nH]n(-c3c(Cl)cc(Cl)cc3Cl)c(=O)c2OS(=O)(=O)c2ccc([N+](=O)[O-])cc2)c1. The summed E-state index contributed by atoms with van der Waals surface area (Å²) in [4.78, 5) is 36.4. The van der Waals surface area contributed by atoms with E-state index in [0.29, 0.717) is 12.1 Å². The number of hydrogen-bond acceptors (Lipinski definition) is 8. The summed E-state index contributed by atoms with van der Waals surface area (Å²) in [6, 6.07) is 11.2. The minimum atomic E-state index is -4.72. The fraction of sp³-hybridized carbons (Fsp3) is 0.371. The number of H-pyrrole nitrogens is 1. The minimum Gasteiger partial charge on any atom is -0.369 e. The van der Waals surface area contributed by atoms with Crippen LogP contribution in [0.4, 0.5) is 22.9 Å². The molecule has 0 spiro atoms. The summed E-state index contributed by atoms with van der Waals surface area (Å²) in [5.74, 6) is -1.19. The van der Waals surface area contributed by atoms with Crippen LogP contribution in [0.1, 0.15) is 84.0 Å². The van der Waals surface area contributed by atoms with Crippen LogP contribution in [0.15, 0.2) is 64.3 Å². The molecule has 0 aliphatic carbocycles. The van der Waals surface area contributed by atoms with Crippen molar-refractivity contribution < 1.29 is 22.3 Å². The molecule has 280 valence electrons. The first-order valence-electron chi connectivity index (χ1n) is 16.9. The lowest BCUT2D eigenvalue weighted by Gasteiger charge is -2.12. The monoisotopic (exact) mass is 813 g/mol. The molecular weight excluding hydrogens is 776 g/mol. The van der Waals surface area contributed by atoms with E-state index in [1.807, 2.05) is 0 Å². The molecule has 0 fully saturated rings. The molecule has 0 bridgehead atoms. The van der Waals surface area contributed by atoms with Crippen molar-refractivity contribution in [3.05, 3.63) is 95.2 Å². The van der Waals surface area contributed by atoms with Crippen LogP contribution in [-0.2, 0) is 14.9 Å². The summed E-state index contributed by atoms with van der Waals surface area (Å²) in [5.41, 5.74) is -0.859. The van der Waals surface area contributed by atoms with Crippen molar-refractivity contribution in [1.29, 1.82) is 0 Å². The normalized spacial score (nSPS) is 11.4. The lowest BCUT2D eigenvalue weighted by molar-refractivity contribution is -0.384. The smallest absolute Gasteiger partial charge is 0.339 e. The number of nitro benzene ring substituents is 1. The Bertz CT molecular complexity index is 2010. The Balaban J connectivity index is 1.51. The fourth-order valence-corrected chi connectivity index (χ4v) is 7.48. The number of halogens is 4. The quantitative estimate of drug-likeness (QED) is 0.0343. The molecule has 0 unspecified atom stereocenters. The maximum Gasteiger partial charge on any atom is 0.339 e. The Kier molecular flexibility index (Phi) is 15.3. The predicted octanol–water partition coefficient (Wildman–Crippen LogP) is 10.8. The number of nitro groups is 1. The summed E-state index contributed by atoms with van der Waals surface area (Å²) < 4.78 is 32.8. The standard InChI is InChI=1S/C35H39Cl4N5O7S/c1-2-3-4-5-6-7-8-9-10-11-12-13-31(45)40-24-14-19-27(37)30(22-24)41-34-33(51-52(49,50)26-17-15-25(16-18-26)44(47)48)35(46)43(42-34)32-28(38)20-23(36)21-29(32)39/h14-22,41-42H,2-13H2,1H3,(H,40,45). The van der Waals surface area contributed by atoms with Gasteiger partial charge in [0, 0.05) is 29.3 Å². The third-order valence-corrected chi connectivity index (χ3v) is 10.5.